The molecule has 3 rings (SSSR count). The van der Waals surface area contributed by atoms with Crippen molar-refractivity contribution in [2.24, 2.45) is 0 Å². The topological polar surface area (TPSA) is 57.8 Å². The predicted molar refractivity (Wildman–Crippen MR) is 77.5 cm³/mol. The van der Waals surface area contributed by atoms with Crippen LogP contribution in [0.5, 0.6) is 0 Å². The first-order valence-electron chi connectivity index (χ1n) is 5.96. The van der Waals surface area contributed by atoms with E-state index in [1.807, 2.05) is 12.1 Å². The van der Waals surface area contributed by atoms with Gasteiger partial charge >= 0.3 is 0 Å². The van der Waals surface area contributed by atoms with Crippen molar-refractivity contribution in [3.8, 4) is 10.7 Å². The average molecular weight is 271 g/mol. The number of nitrogens with one attached hydrogen (secondary N) is 2. The number of fused-ring (bicyclic) bond motifs is 1. The number of carbonyl (C=O) groups is 1. The number of rotatable bonds is 2. The number of thiophene rings is 1. The minimum Gasteiger partial charge on any atom is -0.355 e. The Morgan fingerprint density at radius 1 is 1.32 bits per heavy atom. The van der Waals surface area contributed by atoms with Gasteiger partial charge in [0, 0.05) is 17.5 Å². The molecule has 0 radical (unpaired) electrons. The number of carbonyl (C=O) groups excluding carboxylic acids is 1. The van der Waals surface area contributed by atoms with Crippen molar-refractivity contribution in [3.05, 3.63) is 40.8 Å². The Balaban J connectivity index is 2.08. The molecular formula is C14H13N3OS. The van der Waals surface area contributed by atoms with E-state index in [1.165, 1.54) is 4.88 Å². The van der Waals surface area contributed by atoms with Crippen LogP contribution in [0.2, 0.25) is 0 Å². The van der Waals surface area contributed by atoms with E-state index in [0.29, 0.717) is 5.56 Å². The van der Waals surface area contributed by atoms with E-state index >= 15 is 0 Å². The molecule has 0 aliphatic heterocycles. The number of imidazole rings is 1. The van der Waals surface area contributed by atoms with Crippen LogP contribution < -0.4 is 5.32 Å². The quantitative estimate of drug-likeness (QED) is 0.753. The number of aromatic amines is 1. The van der Waals surface area contributed by atoms with Gasteiger partial charge in [0.15, 0.2) is 0 Å². The van der Waals surface area contributed by atoms with E-state index in [0.717, 1.165) is 21.7 Å². The Hall–Kier alpha value is -2.14. The average Bonchev–Trinajstić information content (AvgIpc) is 3.02. The highest BCUT2D eigenvalue weighted by Gasteiger charge is 2.09. The largest absolute Gasteiger partial charge is 0.355 e. The van der Waals surface area contributed by atoms with Crippen molar-refractivity contribution in [2.75, 3.05) is 7.05 Å². The highest BCUT2D eigenvalue weighted by atomic mass is 32.1. The zero-order valence-corrected chi connectivity index (χ0v) is 11.5. The Morgan fingerprint density at radius 2 is 2.16 bits per heavy atom. The summed E-state index contributed by atoms with van der Waals surface area (Å²) in [4.78, 5) is 21.8. The smallest absolute Gasteiger partial charge is 0.251 e. The van der Waals surface area contributed by atoms with Crippen LogP contribution in [-0.4, -0.2) is 22.9 Å². The molecule has 0 atom stereocenters. The van der Waals surface area contributed by atoms with Crippen molar-refractivity contribution in [1.82, 2.24) is 15.3 Å². The van der Waals surface area contributed by atoms with Gasteiger partial charge < -0.3 is 10.3 Å². The van der Waals surface area contributed by atoms with Crippen LogP contribution >= 0.6 is 11.3 Å². The molecule has 0 fully saturated rings. The van der Waals surface area contributed by atoms with Crippen molar-refractivity contribution in [1.29, 1.82) is 0 Å². The Labute approximate surface area is 114 Å². The monoisotopic (exact) mass is 271 g/mol. The molecule has 0 bridgehead atoms. The van der Waals surface area contributed by atoms with E-state index in [1.54, 1.807) is 24.5 Å². The van der Waals surface area contributed by atoms with Crippen molar-refractivity contribution in [2.45, 2.75) is 6.92 Å². The molecule has 96 valence electrons. The van der Waals surface area contributed by atoms with Crippen LogP contribution in [0.3, 0.4) is 0 Å². The SMILES string of the molecule is CNC(=O)c1ccc2nc(-c3ccc(C)s3)[nH]c2c1. The van der Waals surface area contributed by atoms with E-state index in [9.17, 15) is 4.79 Å². The van der Waals surface area contributed by atoms with Gasteiger partial charge in [0.2, 0.25) is 0 Å². The minimum atomic E-state index is -0.0926. The number of aromatic nitrogens is 2. The van der Waals surface area contributed by atoms with Crippen LogP contribution in [0.25, 0.3) is 21.7 Å². The maximum Gasteiger partial charge on any atom is 0.251 e. The van der Waals surface area contributed by atoms with Gasteiger partial charge in [-0.1, -0.05) is 0 Å². The second-order valence-electron chi connectivity index (χ2n) is 4.31. The van der Waals surface area contributed by atoms with E-state index < -0.39 is 0 Å². The molecule has 2 aromatic heterocycles. The van der Waals surface area contributed by atoms with Gasteiger partial charge in [0.25, 0.3) is 5.91 Å². The number of amides is 1. The summed E-state index contributed by atoms with van der Waals surface area (Å²) in [7, 11) is 1.62. The van der Waals surface area contributed by atoms with Crippen LogP contribution in [-0.2, 0) is 0 Å². The van der Waals surface area contributed by atoms with Crippen molar-refractivity contribution in [3.63, 3.8) is 0 Å². The minimum absolute atomic E-state index is 0.0926. The maximum absolute atomic E-state index is 11.6. The third-order valence-electron chi connectivity index (χ3n) is 2.94. The molecule has 0 aliphatic carbocycles. The maximum atomic E-state index is 11.6. The first-order valence-corrected chi connectivity index (χ1v) is 6.77. The number of hydrogen-bond acceptors (Lipinski definition) is 3. The molecule has 3 aromatic rings. The molecule has 0 aliphatic rings. The van der Waals surface area contributed by atoms with E-state index in [-0.39, 0.29) is 5.91 Å². The summed E-state index contributed by atoms with van der Waals surface area (Å²) in [5.41, 5.74) is 2.38. The lowest BCUT2D eigenvalue weighted by molar-refractivity contribution is 0.0963. The zero-order chi connectivity index (χ0) is 13.4. The fraction of sp³-hybridized carbons (Fsp3) is 0.143. The summed E-state index contributed by atoms with van der Waals surface area (Å²) in [6, 6.07) is 9.59. The normalized spacial score (nSPS) is 10.8. The highest BCUT2D eigenvalue weighted by molar-refractivity contribution is 7.15. The van der Waals surface area contributed by atoms with Crippen molar-refractivity contribution >= 4 is 28.3 Å². The molecule has 19 heavy (non-hydrogen) atoms. The van der Waals surface area contributed by atoms with E-state index in [4.69, 9.17) is 0 Å². The molecule has 1 aromatic carbocycles. The van der Waals surface area contributed by atoms with Crippen LogP contribution in [0.4, 0.5) is 0 Å². The number of aryl methyl sites for hydroxylation is 1. The number of hydrogen-bond donors (Lipinski definition) is 2. The Kier molecular flexibility index (Phi) is 2.83. The lowest BCUT2D eigenvalue weighted by Gasteiger charge is -1.98. The van der Waals surface area contributed by atoms with Gasteiger partial charge in [-0.15, -0.1) is 11.3 Å². The second kappa shape index (κ2) is 4.51. The molecule has 5 heteroatoms. The molecule has 0 spiro atoms. The summed E-state index contributed by atoms with van der Waals surface area (Å²) < 4.78 is 0. The summed E-state index contributed by atoms with van der Waals surface area (Å²) >= 11 is 1.70. The van der Waals surface area contributed by atoms with Crippen LogP contribution in [0.15, 0.2) is 30.3 Å². The van der Waals surface area contributed by atoms with Crippen LogP contribution in [0.1, 0.15) is 15.2 Å². The first-order chi connectivity index (χ1) is 9.17. The molecule has 0 saturated heterocycles. The lowest BCUT2D eigenvalue weighted by Crippen LogP contribution is -2.17. The van der Waals surface area contributed by atoms with Gasteiger partial charge in [-0.05, 0) is 37.3 Å². The Bertz CT molecular complexity index is 757. The number of benzene rings is 1. The summed E-state index contributed by atoms with van der Waals surface area (Å²) in [6.45, 7) is 2.07. The molecule has 4 nitrogen and oxygen atoms in total. The fourth-order valence-electron chi connectivity index (χ4n) is 1.97. The highest BCUT2D eigenvalue weighted by Crippen LogP contribution is 2.27. The standard InChI is InChI=1S/C14H13N3OS/c1-8-3-6-12(19-8)13-16-10-5-4-9(14(18)15-2)7-11(10)17-13/h3-7H,1-2H3,(H,15,18)(H,16,17). The third-order valence-corrected chi connectivity index (χ3v) is 3.95. The predicted octanol–water partition coefficient (Wildman–Crippen LogP) is 2.96. The number of H-pyrrole nitrogens is 1. The third kappa shape index (κ3) is 2.13. The fourth-order valence-corrected chi connectivity index (χ4v) is 2.79. The van der Waals surface area contributed by atoms with E-state index in [2.05, 4.69) is 34.3 Å². The number of nitrogens with zero attached hydrogens (tertiary/aromatic N) is 1. The lowest BCUT2D eigenvalue weighted by atomic mass is 10.2. The van der Waals surface area contributed by atoms with Gasteiger partial charge in [-0.25, -0.2) is 4.98 Å². The van der Waals surface area contributed by atoms with Gasteiger partial charge in [-0.2, -0.15) is 0 Å². The molecule has 2 N–H and O–H groups in total. The van der Waals surface area contributed by atoms with Gasteiger partial charge in [-0.3, -0.25) is 4.79 Å². The second-order valence-corrected chi connectivity index (χ2v) is 5.59. The molecule has 2 heterocycles. The molecule has 0 saturated carbocycles. The summed E-state index contributed by atoms with van der Waals surface area (Å²) in [6.07, 6.45) is 0. The van der Waals surface area contributed by atoms with Crippen LogP contribution in [0, 0.1) is 6.92 Å². The Morgan fingerprint density at radius 3 is 2.84 bits per heavy atom. The summed E-state index contributed by atoms with van der Waals surface area (Å²) in [5.74, 6) is 0.757. The van der Waals surface area contributed by atoms with Crippen molar-refractivity contribution < 1.29 is 4.79 Å². The van der Waals surface area contributed by atoms with Gasteiger partial charge in [0.05, 0.1) is 15.9 Å². The first kappa shape index (κ1) is 11.9. The zero-order valence-electron chi connectivity index (χ0n) is 10.7. The molecule has 1 amide bonds. The van der Waals surface area contributed by atoms with Gasteiger partial charge in [0.1, 0.15) is 5.82 Å². The summed E-state index contributed by atoms with van der Waals surface area (Å²) in [5, 5.41) is 2.62. The molecular weight excluding hydrogens is 258 g/mol. The molecule has 0 unspecified atom stereocenters.